The monoisotopic (exact) mass is 318 g/mol. The maximum atomic E-state index is 8.59. The average Bonchev–Trinajstić information content (AvgIpc) is 2.82. The average molecular weight is 318 g/mol. The molecular weight excluding hydrogens is 304 g/mol. The number of hydrogen-bond acceptors (Lipinski definition) is 5. The zero-order valence-corrected chi connectivity index (χ0v) is 13.0. The minimum atomic E-state index is 0.420. The van der Waals surface area contributed by atoms with Crippen LogP contribution in [0.5, 0.6) is 0 Å². The van der Waals surface area contributed by atoms with Crippen molar-refractivity contribution in [2.75, 3.05) is 18.5 Å². The predicted octanol–water partition coefficient (Wildman–Crippen LogP) is 2.84. The molecule has 0 aliphatic rings. The maximum absolute atomic E-state index is 8.59. The molecule has 2 rings (SSSR count). The van der Waals surface area contributed by atoms with Crippen LogP contribution in [0.4, 0.5) is 5.69 Å². The molecule has 0 spiro atoms. The smallest absolute Gasteiger partial charge is 0.215 e. The van der Waals surface area contributed by atoms with Crippen LogP contribution in [-0.2, 0) is 0 Å². The zero-order valence-electron chi connectivity index (χ0n) is 11.4. The lowest BCUT2D eigenvalue weighted by molar-refractivity contribution is 0.848. The van der Waals surface area contributed by atoms with Crippen molar-refractivity contribution >= 4 is 36.3 Å². The van der Waals surface area contributed by atoms with Crippen LogP contribution in [0, 0.1) is 20.9 Å². The van der Waals surface area contributed by atoms with Crippen LogP contribution in [-0.4, -0.2) is 34.7 Å². The van der Waals surface area contributed by atoms with Gasteiger partial charge in [0.2, 0.25) is 9.54 Å². The van der Waals surface area contributed by atoms with Crippen LogP contribution in [0.3, 0.4) is 0 Å². The molecule has 0 bridgehead atoms. The molecule has 6 nitrogen and oxygen atoms in total. The molecule has 0 aliphatic carbocycles. The van der Waals surface area contributed by atoms with E-state index in [0.717, 1.165) is 11.3 Å². The molecule has 0 atom stereocenters. The quantitative estimate of drug-likeness (QED) is 0.656. The lowest BCUT2D eigenvalue weighted by atomic mass is 10.2. The zero-order chi connectivity index (χ0) is 15.2. The van der Waals surface area contributed by atoms with E-state index in [1.165, 1.54) is 4.68 Å². The van der Waals surface area contributed by atoms with E-state index in [-0.39, 0.29) is 0 Å². The number of anilines is 1. The van der Waals surface area contributed by atoms with Gasteiger partial charge in [-0.05, 0) is 42.1 Å². The van der Waals surface area contributed by atoms with E-state index >= 15 is 0 Å². The number of nitriles is 1. The van der Waals surface area contributed by atoms with Crippen LogP contribution in [0.2, 0.25) is 0 Å². The summed E-state index contributed by atoms with van der Waals surface area (Å²) in [5, 5.41) is 18.3. The molecule has 2 aromatic rings. The van der Waals surface area contributed by atoms with Gasteiger partial charge in [0.1, 0.15) is 0 Å². The lowest BCUT2D eigenvalue weighted by Crippen LogP contribution is -2.17. The maximum Gasteiger partial charge on any atom is 0.215 e. The van der Waals surface area contributed by atoms with Crippen LogP contribution in [0.15, 0.2) is 29.4 Å². The first-order valence-corrected chi connectivity index (χ1v) is 7.05. The van der Waals surface area contributed by atoms with Gasteiger partial charge in [0.05, 0.1) is 18.7 Å². The number of H-pyrrole nitrogens is 2. The fraction of sp³-hybridized carbons (Fsp3) is 0.231. The SMILES string of the molecule is CN(CCC#N)c1ccc(/C=N\n2c(=S)[nH][nH]c2=S)cc1. The van der Waals surface area contributed by atoms with Crippen molar-refractivity contribution in [2.24, 2.45) is 5.10 Å². The summed E-state index contributed by atoms with van der Waals surface area (Å²) in [5.41, 5.74) is 1.99. The Kier molecular flexibility index (Phi) is 5.03. The second-order valence-corrected chi connectivity index (χ2v) is 5.11. The molecule has 0 saturated carbocycles. The molecule has 0 amide bonds. The third-order valence-corrected chi connectivity index (χ3v) is 3.43. The first-order chi connectivity index (χ1) is 10.1. The molecule has 0 aliphatic heterocycles. The highest BCUT2D eigenvalue weighted by Gasteiger charge is 2.00. The number of rotatable bonds is 5. The van der Waals surface area contributed by atoms with Crippen molar-refractivity contribution in [3.05, 3.63) is 39.4 Å². The Hall–Kier alpha value is -2.24. The highest BCUT2D eigenvalue weighted by molar-refractivity contribution is 7.72. The molecule has 0 saturated heterocycles. The number of aromatic amines is 2. The molecule has 108 valence electrons. The summed E-state index contributed by atoms with van der Waals surface area (Å²) in [5.74, 6) is 0. The molecule has 0 fully saturated rings. The number of hydrogen-bond donors (Lipinski definition) is 2. The van der Waals surface area contributed by atoms with Gasteiger partial charge in [-0.2, -0.15) is 15.0 Å². The van der Waals surface area contributed by atoms with Crippen molar-refractivity contribution in [3.63, 3.8) is 0 Å². The van der Waals surface area contributed by atoms with Crippen molar-refractivity contribution in [3.8, 4) is 6.07 Å². The number of nitrogens with zero attached hydrogens (tertiary/aromatic N) is 4. The standard InChI is InChI=1S/C13H14N6S2/c1-18(8-2-7-14)11-5-3-10(4-6-11)9-15-19-12(20)16-17-13(19)21/h3-6,9H,2,8H2,1H3,(H,16,20)(H,17,21)/b15-9-. The van der Waals surface area contributed by atoms with Gasteiger partial charge >= 0.3 is 0 Å². The molecule has 8 heteroatoms. The molecule has 21 heavy (non-hydrogen) atoms. The van der Waals surface area contributed by atoms with Crippen LogP contribution in [0.1, 0.15) is 12.0 Å². The van der Waals surface area contributed by atoms with Crippen molar-refractivity contribution in [1.82, 2.24) is 14.9 Å². The molecule has 1 heterocycles. The Labute approximate surface area is 132 Å². The lowest BCUT2D eigenvalue weighted by Gasteiger charge is -2.17. The summed E-state index contributed by atoms with van der Waals surface area (Å²) in [6.45, 7) is 0.706. The summed E-state index contributed by atoms with van der Waals surface area (Å²) >= 11 is 10.1. The van der Waals surface area contributed by atoms with Crippen LogP contribution in [0.25, 0.3) is 0 Å². The van der Waals surface area contributed by atoms with E-state index < -0.39 is 0 Å². The molecule has 2 N–H and O–H groups in total. The normalized spacial score (nSPS) is 10.7. The van der Waals surface area contributed by atoms with Crippen molar-refractivity contribution in [2.45, 2.75) is 6.42 Å². The summed E-state index contributed by atoms with van der Waals surface area (Å²) in [7, 11) is 1.96. The third kappa shape index (κ3) is 3.87. The van der Waals surface area contributed by atoms with Gasteiger partial charge in [-0.3, -0.25) is 10.2 Å². The number of nitrogens with one attached hydrogen (secondary N) is 2. The molecule has 0 radical (unpaired) electrons. The topological polar surface area (TPSA) is 75.9 Å². The van der Waals surface area contributed by atoms with Gasteiger partial charge in [0.25, 0.3) is 0 Å². The van der Waals surface area contributed by atoms with Crippen LogP contribution < -0.4 is 4.90 Å². The second-order valence-electron chi connectivity index (χ2n) is 4.34. The van der Waals surface area contributed by atoms with E-state index in [0.29, 0.717) is 22.5 Å². The fourth-order valence-electron chi connectivity index (χ4n) is 1.70. The number of aromatic nitrogens is 3. The van der Waals surface area contributed by atoms with E-state index in [9.17, 15) is 0 Å². The summed E-state index contributed by atoms with van der Waals surface area (Å²) in [4.78, 5) is 2.03. The van der Waals surface area contributed by atoms with E-state index in [4.69, 9.17) is 29.7 Å². The van der Waals surface area contributed by atoms with Crippen molar-refractivity contribution in [1.29, 1.82) is 5.26 Å². The van der Waals surface area contributed by atoms with E-state index in [1.807, 2.05) is 36.2 Å². The summed E-state index contributed by atoms with van der Waals surface area (Å²) < 4.78 is 2.28. The van der Waals surface area contributed by atoms with Gasteiger partial charge in [0.15, 0.2) is 0 Å². The van der Waals surface area contributed by atoms with E-state index in [1.54, 1.807) is 6.21 Å². The Morgan fingerprint density at radius 1 is 1.29 bits per heavy atom. The second kappa shape index (κ2) is 6.97. The minimum Gasteiger partial charge on any atom is -0.374 e. The van der Waals surface area contributed by atoms with E-state index in [2.05, 4.69) is 21.4 Å². The van der Waals surface area contributed by atoms with Gasteiger partial charge in [-0.15, -0.1) is 0 Å². The summed E-state index contributed by atoms with van der Waals surface area (Å²) in [6.07, 6.45) is 2.19. The Morgan fingerprint density at radius 3 is 2.48 bits per heavy atom. The fourth-order valence-corrected chi connectivity index (χ4v) is 2.13. The Balaban J connectivity index is 2.11. The first-order valence-electron chi connectivity index (χ1n) is 6.24. The molecule has 1 aromatic heterocycles. The minimum absolute atomic E-state index is 0.420. The third-order valence-electron chi connectivity index (χ3n) is 2.88. The van der Waals surface area contributed by atoms with Gasteiger partial charge < -0.3 is 4.90 Å². The van der Waals surface area contributed by atoms with Crippen LogP contribution >= 0.6 is 24.4 Å². The first kappa shape index (κ1) is 15.2. The van der Waals surface area contributed by atoms with Gasteiger partial charge in [-0.25, -0.2) is 0 Å². The Morgan fingerprint density at radius 2 is 1.90 bits per heavy atom. The largest absolute Gasteiger partial charge is 0.374 e. The summed E-state index contributed by atoms with van der Waals surface area (Å²) in [6, 6.07) is 10.00. The molecular formula is C13H14N6S2. The number of benzene rings is 1. The molecule has 1 aromatic carbocycles. The van der Waals surface area contributed by atoms with Gasteiger partial charge in [0, 0.05) is 19.3 Å². The highest BCUT2D eigenvalue weighted by Crippen LogP contribution is 2.13. The highest BCUT2D eigenvalue weighted by atomic mass is 32.1. The predicted molar refractivity (Wildman–Crippen MR) is 87.7 cm³/mol. The molecule has 0 unspecified atom stereocenters. The Bertz CT molecular complexity index is 747. The van der Waals surface area contributed by atoms with Crippen molar-refractivity contribution < 1.29 is 0 Å². The van der Waals surface area contributed by atoms with Gasteiger partial charge in [-0.1, -0.05) is 12.1 Å².